The summed E-state index contributed by atoms with van der Waals surface area (Å²) in [4.78, 5) is 35.5. The molecule has 0 radical (unpaired) electrons. The zero-order valence-electron chi connectivity index (χ0n) is 14.0. The van der Waals surface area contributed by atoms with Gasteiger partial charge in [-0.3, -0.25) is 19.7 Å². The van der Waals surface area contributed by atoms with Crippen LogP contribution in [0.2, 0.25) is 0 Å². The summed E-state index contributed by atoms with van der Waals surface area (Å²) in [6, 6.07) is -2.07. The smallest absolute Gasteiger partial charge is 0.362 e. The van der Waals surface area contributed by atoms with Gasteiger partial charge in [-0.1, -0.05) is 13.0 Å². The number of Topliss-reactive ketones (excluding diaryl/α,β-unsaturated/α-hetero) is 2. The Morgan fingerprint density at radius 2 is 2.00 bits per heavy atom. The summed E-state index contributed by atoms with van der Waals surface area (Å²) in [5.41, 5.74) is -2.63. The second kappa shape index (κ2) is 7.53. The topological polar surface area (TPSA) is 86.5 Å². The largest absolute Gasteiger partial charge is 0.416 e. The van der Waals surface area contributed by atoms with Crippen LogP contribution in [0.25, 0.3) is 0 Å². The van der Waals surface area contributed by atoms with E-state index >= 15 is 0 Å². The van der Waals surface area contributed by atoms with Crippen molar-refractivity contribution in [3.05, 3.63) is 45.6 Å². The van der Waals surface area contributed by atoms with Crippen molar-refractivity contribution in [2.24, 2.45) is 5.92 Å². The fourth-order valence-corrected chi connectivity index (χ4v) is 2.95. The van der Waals surface area contributed by atoms with Gasteiger partial charge in [0.1, 0.15) is 0 Å². The maximum absolute atomic E-state index is 13.0. The molecule has 0 amide bonds. The summed E-state index contributed by atoms with van der Waals surface area (Å²) in [5.74, 6) is -1.83. The van der Waals surface area contributed by atoms with Crippen molar-refractivity contribution in [1.29, 1.82) is 0 Å². The summed E-state index contributed by atoms with van der Waals surface area (Å²) in [6.45, 7) is 4.72. The van der Waals surface area contributed by atoms with Crippen molar-refractivity contribution in [1.82, 2.24) is 0 Å². The Morgan fingerprint density at radius 1 is 1.38 bits per heavy atom. The van der Waals surface area contributed by atoms with E-state index in [0.717, 1.165) is 12.5 Å². The second-order valence-corrected chi connectivity index (χ2v) is 6.14. The predicted octanol–water partition coefficient (Wildman–Crippen LogP) is 2.96. The van der Waals surface area contributed by atoms with Gasteiger partial charge in [-0.05, 0) is 31.9 Å². The Hall–Kier alpha value is -2.29. The fourth-order valence-electron chi connectivity index (χ4n) is 2.95. The highest BCUT2D eigenvalue weighted by atomic mass is 19.4. The monoisotopic (exact) mass is 373 g/mol. The standard InChI is InChI=1S/C17H18F3NO5/c1-3-26-16(14(22)10-5-4-6-10)15(23)11-7-8-12(17(18,19)20)9(2)13(11)21(24)25/h7-8,10,13,16H,2-6H2,1H3. The van der Waals surface area contributed by atoms with Gasteiger partial charge >= 0.3 is 6.18 Å². The lowest BCUT2D eigenvalue weighted by molar-refractivity contribution is -0.501. The van der Waals surface area contributed by atoms with Crippen LogP contribution < -0.4 is 0 Å². The molecule has 2 unspecified atom stereocenters. The van der Waals surface area contributed by atoms with Gasteiger partial charge in [-0.2, -0.15) is 13.2 Å². The van der Waals surface area contributed by atoms with Crippen LogP contribution in [0.3, 0.4) is 0 Å². The van der Waals surface area contributed by atoms with Crippen molar-refractivity contribution in [2.45, 2.75) is 44.5 Å². The highest BCUT2D eigenvalue weighted by Gasteiger charge is 2.48. The maximum Gasteiger partial charge on any atom is 0.416 e. The molecule has 2 rings (SSSR count). The van der Waals surface area contributed by atoms with E-state index in [1.807, 2.05) is 0 Å². The molecule has 0 saturated heterocycles. The number of alkyl halides is 3. The summed E-state index contributed by atoms with van der Waals surface area (Å²) < 4.78 is 44.1. The number of allylic oxidation sites excluding steroid dienone is 2. The third kappa shape index (κ3) is 3.77. The molecule has 142 valence electrons. The van der Waals surface area contributed by atoms with E-state index in [-0.39, 0.29) is 12.5 Å². The van der Waals surface area contributed by atoms with Gasteiger partial charge in [-0.25, -0.2) is 0 Å². The average molecular weight is 373 g/mol. The number of ketones is 2. The van der Waals surface area contributed by atoms with Crippen molar-refractivity contribution < 1.29 is 32.4 Å². The molecule has 0 spiro atoms. The Balaban J connectivity index is 2.41. The quantitative estimate of drug-likeness (QED) is 0.389. The Bertz CT molecular complexity index is 704. The molecule has 0 bridgehead atoms. The van der Waals surface area contributed by atoms with Crippen LogP contribution in [0.1, 0.15) is 26.2 Å². The minimum Gasteiger partial charge on any atom is -0.362 e. The summed E-state index contributed by atoms with van der Waals surface area (Å²) >= 11 is 0. The minimum absolute atomic E-state index is 0.00979. The lowest BCUT2D eigenvalue weighted by Gasteiger charge is -2.29. The minimum atomic E-state index is -4.84. The SMILES string of the molecule is C=C1C(C(F)(F)F)=CC=C(C(=O)C(OCC)C(=O)C2CCC2)C1[N+](=O)[O-]. The molecule has 1 fully saturated rings. The molecule has 0 N–H and O–H groups in total. The zero-order chi connectivity index (χ0) is 19.6. The Labute approximate surface area is 147 Å². The van der Waals surface area contributed by atoms with Gasteiger partial charge in [0.15, 0.2) is 11.9 Å². The predicted molar refractivity (Wildman–Crippen MR) is 84.9 cm³/mol. The van der Waals surface area contributed by atoms with Gasteiger partial charge in [0.25, 0.3) is 6.04 Å². The first-order valence-electron chi connectivity index (χ1n) is 8.10. The maximum atomic E-state index is 13.0. The molecular formula is C17H18F3NO5. The second-order valence-electron chi connectivity index (χ2n) is 6.14. The molecular weight excluding hydrogens is 355 g/mol. The van der Waals surface area contributed by atoms with E-state index in [0.29, 0.717) is 18.9 Å². The molecule has 9 heteroatoms. The van der Waals surface area contributed by atoms with Crippen LogP contribution >= 0.6 is 0 Å². The fraction of sp³-hybridized carbons (Fsp3) is 0.529. The lowest BCUT2D eigenvalue weighted by Crippen LogP contribution is -2.44. The van der Waals surface area contributed by atoms with Crippen molar-refractivity contribution in [3.63, 3.8) is 0 Å². The molecule has 1 saturated carbocycles. The molecule has 0 heterocycles. The number of nitro groups is 1. The van der Waals surface area contributed by atoms with Gasteiger partial charge in [0.05, 0.1) is 11.1 Å². The number of nitrogens with zero attached hydrogens (tertiary/aromatic N) is 1. The average Bonchev–Trinajstić information content (AvgIpc) is 2.48. The van der Waals surface area contributed by atoms with Gasteiger partial charge in [0.2, 0.25) is 5.78 Å². The summed E-state index contributed by atoms with van der Waals surface area (Å²) in [7, 11) is 0. The first-order chi connectivity index (χ1) is 12.1. The number of ether oxygens (including phenoxy) is 1. The summed E-state index contributed by atoms with van der Waals surface area (Å²) in [5, 5.41) is 11.3. The highest BCUT2D eigenvalue weighted by Crippen LogP contribution is 2.38. The molecule has 2 aliphatic carbocycles. The van der Waals surface area contributed by atoms with Gasteiger partial charge in [0, 0.05) is 23.0 Å². The van der Waals surface area contributed by atoms with Crippen molar-refractivity contribution in [2.75, 3.05) is 6.61 Å². The van der Waals surface area contributed by atoms with Crippen LogP contribution in [-0.2, 0) is 14.3 Å². The van der Waals surface area contributed by atoms with Crippen LogP contribution in [0.15, 0.2) is 35.5 Å². The number of halogens is 3. The zero-order valence-corrected chi connectivity index (χ0v) is 14.0. The molecule has 0 aromatic rings. The normalized spacial score (nSPS) is 22.2. The number of rotatable bonds is 7. The van der Waals surface area contributed by atoms with Crippen LogP contribution in [-0.4, -0.2) is 41.4 Å². The third-order valence-corrected chi connectivity index (χ3v) is 4.54. The molecule has 0 aromatic carbocycles. The number of hydrogen-bond donors (Lipinski definition) is 0. The third-order valence-electron chi connectivity index (χ3n) is 4.54. The van der Waals surface area contributed by atoms with E-state index in [2.05, 4.69) is 6.58 Å². The Morgan fingerprint density at radius 3 is 2.42 bits per heavy atom. The molecule has 0 aromatic heterocycles. The summed E-state index contributed by atoms with van der Waals surface area (Å²) in [6.07, 6.45) is -3.04. The van der Waals surface area contributed by atoms with Gasteiger partial charge < -0.3 is 4.74 Å². The van der Waals surface area contributed by atoms with Crippen molar-refractivity contribution in [3.8, 4) is 0 Å². The van der Waals surface area contributed by atoms with E-state index in [1.54, 1.807) is 6.92 Å². The lowest BCUT2D eigenvalue weighted by atomic mass is 9.77. The van der Waals surface area contributed by atoms with E-state index in [4.69, 9.17) is 4.74 Å². The first-order valence-corrected chi connectivity index (χ1v) is 8.10. The van der Waals surface area contributed by atoms with E-state index in [9.17, 15) is 32.9 Å². The first kappa shape index (κ1) is 20.0. The van der Waals surface area contributed by atoms with Crippen LogP contribution in [0.5, 0.6) is 0 Å². The highest BCUT2D eigenvalue weighted by molar-refractivity contribution is 6.14. The van der Waals surface area contributed by atoms with Crippen LogP contribution in [0.4, 0.5) is 13.2 Å². The molecule has 0 aliphatic heterocycles. The molecule has 6 nitrogen and oxygen atoms in total. The van der Waals surface area contributed by atoms with Gasteiger partial charge in [-0.15, -0.1) is 0 Å². The molecule has 2 atom stereocenters. The molecule has 2 aliphatic rings. The van der Waals surface area contributed by atoms with Crippen LogP contribution in [0, 0.1) is 16.0 Å². The van der Waals surface area contributed by atoms with E-state index in [1.165, 1.54) is 0 Å². The van der Waals surface area contributed by atoms with E-state index < -0.39 is 51.5 Å². The number of carbonyl (C=O) groups excluding carboxylic acids is 2. The van der Waals surface area contributed by atoms with Crippen molar-refractivity contribution >= 4 is 11.6 Å². The number of carbonyl (C=O) groups is 2. The number of hydrogen-bond acceptors (Lipinski definition) is 5. The molecule has 26 heavy (non-hydrogen) atoms. The Kier molecular flexibility index (Phi) is 5.80.